The predicted molar refractivity (Wildman–Crippen MR) is 133 cm³/mol. The number of amides is 1. The van der Waals surface area contributed by atoms with Crippen LogP contribution in [-0.2, 0) is 18.0 Å². The summed E-state index contributed by atoms with van der Waals surface area (Å²) in [4.78, 5) is 21.8. The third-order valence-electron chi connectivity index (χ3n) is 4.44. The quantitative estimate of drug-likeness (QED) is 0.376. The lowest BCUT2D eigenvalue weighted by molar-refractivity contribution is -0.137. The lowest BCUT2D eigenvalue weighted by Crippen LogP contribution is -2.38. The summed E-state index contributed by atoms with van der Waals surface area (Å²) in [6.07, 6.45) is -3.07. The molecule has 0 atom stereocenters. The second kappa shape index (κ2) is 11.8. The first-order valence-electron chi connectivity index (χ1n) is 10.5. The first kappa shape index (κ1) is 29.2. The molecule has 3 rings (SSSR count). The predicted octanol–water partition coefficient (Wildman–Crippen LogP) is 5.90. The Bertz CT molecular complexity index is 1210. The van der Waals surface area contributed by atoms with Crippen LogP contribution in [0.3, 0.4) is 0 Å². The van der Waals surface area contributed by atoms with E-state index in [4.69, 9.17) is 22.1 Å². The van der Waals surface area contributed by atoms with Crippen molar-refractivity contribution < 1.29 is 27.5 Å². The fourth-order valence-electron chi connectivity index (χ4n) is 2.94. The summed E-state index contributed by atoms with van der Waals surface area (Å²) in [5.41, 5.74) is 5.83. The molecule has 0 aliphatic carbocycles. The Morgan fingerprint density at radius 2 is 1.81 bits per heavy atom. The van der Waals surface area contributed by atoms with Crippen molar-refractivity contribution >= 4 is 40.0 Å². The van der Waals surface area contributed by atoms with Crippen molar-refractivity contribution in [3.05, 3.63) is 64.8 Å². The molecule has 0 saturated carbocycles. The van der Waals surface area contributed by atoms with Crippen molar-refractivity contribution in [2.24, 2.45) is 12.8 Å². The molecular weight excluding hydrogens is 520 g/mol. The number of hydrogen-bond acceptors (Lipinski definition) is 5. The number of carbonyl (C=O) groups excluding carboxylic acids is 2. The second-order valence-electron chi connectivity index (χ2n) is 8.46. The Morgan fingerprint density at radius 3 is 2.33 bits per heavy atom. The number of aromatic nitrogens is 2. The van der Waals surface area contributed by atoms with Crippen molar-refractivity contribution in [3.8, 4) is 17.0 Å². The van der Waals surface area contributed by atoms with Crippen molar-refractivity contribution in [3.63, 3.8) is 0 Å². The van der Waals surface area contributed by atoms with Crippen LogP contribution in [0.4, 0.5) is 18.9 Å². The highest BCUT2D eigenvalue weighted by molar-refractivity contribution is 6.62. The molecule has 1 heterocycles. The molecule has 0 bridgehead atoms. The summed E-state index contributed by atoms with van der Waals surface area (Å²) in [6.45, 7) is 5.13. The monoisotopic (exact) mass is 544 g/mol. The van der Waals surface area contributed by atoms with Crippen LogP contribution in [0, 0.1) is 0 Å². The van der Waals surface area contributed by atoms with Gasteiger partial charge in [0.25, 0.3) is 5.91 Å². The van der Waals surface area contributed by atoms with Crippen LogP contribution >= 0.6 is 23.2 Å². The zero-order valence-electron chi connectivity index (χ0n) is 19.9. The summed E-state index contributed by atoms with van der Waals surface area (Å²) in [5, 5.41) is 6.75. The first-order chi connectivity index (χ1) is 16.6. The Morgan fingerprint density at radius 1 is 1.17 bits per heavy atom. The number of aryl methyl sites for hydroxylation is 1. The molecule has 7 nitrogen and oxygen atoms in total. The molecule has 36 heavy (non-hydrogen) atoms. The van der Waals surface area contributed by atoms with Gasteiger partial charge in [0, 0.05) is 36.3 Å². The van der Waals surface area contributed by atoms with Gasteiger partial charge in [0.05, 0.1) is 22.5 Å². The second-order valence-corrected chi connectivity index (χ2v) is 9.40. The minimum Gasteiger partial charge on any atom is -0.491 e. The molecule has 194 valence electrons. The van der Waals surface area contributed by atoms with E-state index in [-0.39, 0.29) is 17.4 Å². The maximum Gasteiger partial charge on any atom is 0.416 e. The van der Waals surface area contributed by atoms with Crippen LogP contribution in [-0.4, -0.2) is 33.1 Å². The number of carbonyl (C=O) groups is 2. The third kappa shape index (κ3) is 8.54. The SMILES string of the molecule is CC(=O)Cl.Cn1ncc(Cl)c1-c1cc(NC(=O)c2cccc(C(F)(F)F)c2)ccc1OCC(C)(C)N. The number of ether oxygens (including phenoxy) is 1. The van der Waals surface area contributed by atoms with E-state index < -0.39 is 23.2 Å². The minimum atomic E-state index is -4.55. The van der Waals surface area contributed by atoms with Crippen LogP contribution in [0.15, 0.2) is 48.7 Å². The van der Waals surface area contributed by atoms with Gasteiger partial charge in [-0.1, -0.05) is 17.7 Å². The normalized spacial score (nSPS) is 11.4. The van der Waals surface area contributed by atoms with E-state index in [0.717, 1.165) is 12.1 Å². The Hall–Kier alpha value is -3.08. The van der Waals surface area contributed by atoms with E-state index in [9.17, 15) is 22.8 Å². The van der Waals surface area contributed by atoms with Crippen LogP contribution in [0.1, 0.15) is 36.7 Å². The molecule has 0 fully saturated rings. The molecule has 0 aliphatic heterocycles. The average molecular weight is 545 g/mol. The Kier molecular flexibility index (Phi) is 9.53. The number of nitrogens with zero attached hydrogens (tertiary/aromatic N) is 2. The number of nitrogens with one attached hydrogen (secondary N) is 1. The number of nitrogens with two attached hydrogens (primary N) is 1. The minimum absolute atomic E-state index is 0.120. The Labute approximate surface area is 216 Å². The molecule has 0 aliphatic rings. The van der Waals surface area contributed by atoms with Crippen LogP contribution in [0.25, 0.3) is 11.3 Å². The molecule has 0 saturated heterocycles. The van der Waals surface area contributed by atoms with Gasteiger partial charge in [-0.15, -0.1) is 0 Å². The van der Waals surface area contributed by atoms with E-state index in [1.165, 1.54) is 25.3 Å². The maximum absolute atomic E-state index is 13.0. The molecule has 2 aromatic carbocycles. The largest absolute Gasteiger partial charge is 0.491 e. The van der Waals surface area contributed by atoms with Gasteiger partial charge in [0.2, 0.25) is 5.24 Å². The molecule has 12 heteroatoms. The van der Waals surface area contributed by atoms with Gasteiger partial charge in [-0.05, 0) is 61.8 Å². The molecule has 1 aromatic heterocycles. The number of alkyl halides is 3. The lowest BCUT2D eigenvalue weighted by atomic mass is 10.1. The highest BCUT2D eigenvalue weighted by atomic mass is 35.5. The van der Waals surface area contributed by atoms with Crippen LogP contribution in [0.5, 0.6) is 5.75 Å². The summed E-state index contributed by atoms with van der Waals surface area (Å²) in [5.74, 6) is -0.221. The van der Waals surface area contributed by atoms with Crippen molar-refractivity contribution in [1.29, 1.82) is 0 Å². The van der Waals surface area contributed by atoms with E-state index in [2.05, 4.69) is 22.0 Å². The fraction of sp³-hybridized carbons (Fsp3) is 0.292. The molecule has 0 radical (unpaired) electrons. The van der Waals surface area contributed by atoms with E-state index in [0.29, 0.717) is 27.7 Å². The number of rotatable bonds is 6. The van der Waals surface area contributed by atoms with Gasteiger partial charge in [-0.25, -0.2) is 0 Å². The maximum atomic E-state index is 13.0. The van der Waals surface area contributed by atoms with E-state index in [1.807, 2.05) is 13.8 Å². The van der Waals surface area contributed by atoms with Crippen LogP contribution < -0.4 is 15.8 Å². The third-order valence-corrected chi connectivity index (χ3v) is 4.72. The van der Waals surface area contributed by atoms with Gasteiger partial charge >= 0.3 is 6.18 Å². The van der Waals surface area contributed by atoms with Gasteiger partial charge in [0.15, 0.2) is 0 Å². The standard InChI is InChI=1S/C22H22ClF3N4O2.C2H3ClO/c1-21(2,27)12-32-18-8-7-15(10-16(18)19-17(23)11-28-30(19)3)29-20(31)13-5-4-6-14(9-13)22(24,25)26;1-2(3)4/h4-11H,12,27H2,1-3H3,(H,29,31);1H3. The lowest BCUT2D eigenvalue weighted by Gasteiger charge is -2.21. The first-order valence-corrected chi connectivity index (χ1v) is 11.2. The molecule has 3 aromatic rings. The molecule has 0 spiro atoms. The van der Waals surface area contributed by atoms with Gasteiger partial charge in [-0.2, -0.15) is 18.3 Å². The van der Waals surface area contributed by atoms with Gasteiger partial charge < -0.3 is 15.8 Å². The van der Waals surface area contributed by atoms with Crippen molar-refractivity contribution in [2.75, 3.05) is 11.9 Å². The van der Waals surface area contributed by atoms with Gasteiger partial charge in [0.1, 0.15) is 12.4 Å². The Balaban J connectivity index is 0.00000106. The van der Waals surface area contributed by atoms with Crippen molar-refractivity contribution in [1.82, 2.24) is 9.78 Å². The number of hydrogen-bond donors (Lipinski definition) is 2. The molecule has 3 N–H and O–H groups in total. The molecule has 0 unspecified atom stereocenters. The zero-order valence-corrected chi connectivity index (χ0v) is 21.4. The van der Waals surface area contributed by atoms with E-state index in [1.54, 1.807) is 29.9 Å². The van der Waals surface area contributed by atoms with Crippen molar-refractivity contribution in [2.45, 2.75) is 32.5 Å². The summed E-state index contributed by atoms with van der Waals surface area (Å²) < 4.78 is 46.3. The highest BCUT2D eigenvalue weighted by Crippen LogP contribution is 2.37. The summed E-state index contributed by atoms with van der Waals surface area (Å²) >= 11 is 10.9. The summed E-state index contributed by atoms with van der Waals surface area (Å²) in [6, 6.07) is 9.03. The summed E-state index contributed by atoms with van der Waals surface area (Å²) in [7, 11) is 1.70. The zero-order chi connectivity index (χ0) is 27.3. The topological polar surface area (TPSA) is 99.2 Å². The smallest absolute Gasteiger partial charge is 0.416 e. The molecular formula is C24H25Cl2F3N4O3. The number of anilines is 1. The number of halogens is 5. The number of benzene rings is 2. The molecule has 1 amide bonds. The fourth-order valence-corrected chi connectivity index (χ4v) is 3.20. The van der Waals surface area contributed by atoms with E-state index >= 15 is 0 Å². The van der Waals surface area contributed by atoms with Crippen LogP contribution in [0.2, 0.25) is 5.02 Å². The van der Waals surface area contributed by atoms with Gasteiger partial charge in [-0.3, -0.25) is 14.3 Å². The average Bonchev–Trinajstić information content (AvgIpc) is 3.09. The highest BCUT2D eigenvalue weighted by Gasteiger charge is 2.31.